The summed E-state index contributed by atoms with van der Waals surface area (Å²) in [5.41, 5.74) is 3.34. The molecule has 4 rings (SSSR count). The highest BCUT2D eigenvalue weighted by atomic mass is 32.1. The van der Waals surface area contributed by atoms with E-state index in [1.54, 1.807) is 30.4 Å². The first-order valence-electron chi connectivity index (χ1n) is 9.83. The maximum atomic E-state index is 13.8. The number of hydrogen-bond acceptors (Lipinski definition) is 4. The number of amides is 1. The van der Waals surface area contributed by atoms with E-state index in [-0.39, 0.29) is 11.7 Å². The van der Waals surface area contributed by atoms with Crippen LogP contribution in [-0.4, -0.2) is 46.9 Å². The average molecular weight is 410 g/mol. The summed E-state index contributed by atoms with van der Waals surface area (Å²) in [4.78, 5) is 21.5. The van der Waals surface area contributed by atoms with Gasteiger partial charge in [0.25, 0.3) is 5.91 Å². The van der Waals surface area contributed by atoms with Gasteiger partial charge in [-0.2, -0.15) is 0 Å². The normalized spacial score (nSPS) is 14.9. The summed E-state index contributed by atoms with van der Waals surface area (Å²) in [7, 11) is 0. The summed E-state index contributed by atoms with van der Waals surface area (Å²) in [6, 6.07) is 15.1. The average Bonchev–Trinajstić information content (AvgIpc) is 3.17. The summed E-state index contributed by atoms with van der Waals surface area (Å²) < 4.78 is 13.8. The molecule has 2 aromatic carbocycles. The van der Waals surface area contributed by atoms with Crippen LogP contribution in [0.15, 0.2) is 53.9 Å². The molecule has 29 heavy (non-hydrogen) atoms. The topological polar surface area (TPSA) is 36.4 Å². The lowest BCUT2D eigenvalue weighted by Crippen LogP contribution is -2.48. The molecule has 1 aliphatic heterocycles. The zero-order chi connectivity index (χ0) is 20.2. The van der Waals surface area contributed by atoms with Crippen LogP contribution in [0.5, 0.6) is 0 Å². The zero-order valence-electron chi connectivity index (χ0n) is 16.5. The van der Waals surface area contributed by atoms with E-state index in [0.717, 1.165) is 36.8 Å². The van der Waals surface area contributed by atoms with Crippen molar-refractivity contribution in [2.75, 3.05) is 26.2 Å². The molecule has 0 spiro atoms. The molecule has 0 aliphatic carbocycles. The number of hydrogen-bond donors (Lipinski definition) is 0. The van der Waals surface area contributed by atoms with Crippen molar-refractivity contribution in [3.63, 3.8) is 0 Å². The lowest BCUT2D eigenvalue weighted by Gasteiger charge is -2.34. The van der Waals surface area contributed by atoms with Crippen LogP contribution < -0.4 is 0 Å². The summed E-state index contributed by atoms with van der Waals surface area (Å²) >= 11 is 1.70. The Labute approximate surface area is 174 Å². The molecule has 1 fully saturated rings. The van der Waals surface area contributed by atoms with E-state index in [0.29, 0.717) is 24.2 Å². The summed E-state index contributed by atoms with van der Waals surface area (Å²) in [5, 5.41) is 3.26. The molecule has 1 amide bonds. The van der Waals surface area contributed by atoms with Gasteiger partial charge >= 0.3 is 0 Å². The van der Waals surface area contributed by atoms with Crippen molar-refractivity contribution >= 4 is 17.2 Å². The highest BCUT2D eigenvalue weighted by molar-refractivity contribution is 7.09. The van der Waals surface area contributed by atoms with Gasteiger partial charge in [-0.15, -0.1) is 11.3 Å². The van der Waals surface area contributed by atoms with E-state index in [9.17, 15) is 9.18 Å². The molecule has 2 heterocycles. The minimum Gasteiger partial charge on any atom is -0.336 e. The Kier molecular flexibility index (Phi) is 6.02. The van der Waals surface area contributed by atoms with Crippen molar-refractivity contribution in [3.05, 3.63) is 87.1 Å². The maximum absolute atomic E-state index is 13.8. The molecule has 0 unspecified atom stereocenters. The Bertz CT molecular complexity index is 981. The van der Waals surface area contributed by atoms with E-state index in [1.807, 2.05) is 11.0 Å². The third-order valence-electron chi connectivity index (χ3n) is 5.26. The summed E-state index contributed by atoms with van der Waals surface area (Å²) in [5.74, 6) is -0.424. The largest absolute Gasteiger partial charge is 0.336 e. The van der Waals surface area contributed by atoms with Crippen LogP contribution in [0.25, 0.3) is 0 Å². The van der Waals surface area contributed by atoms with Crippen molar-refractivity contribution in [1.82, 2.24) is 14.8 Å². The fourth-order valence-electron chi connectivity index (χ4n) is 3.52. The number of rotatable bonds is 5. The van der Waals surface area contributed by atoms with Crippen LogP contribution in [0.4, 0.5) is 4.39 Å². The molecule has 150 valence electrons. The fourth-order valence-corrected chi connectivity index (χ4v) is 4.34. The molecule has 0 saturated carbocycles. The van der Waals surface area contributed by atoms with E-state index >= 15 is 0 Å². The van der Waals surface area contributed by atoms with Gasteiger partial charge in [-0.1, -0.05) is 36.4 Å². The quantitative estimate of drug-likeness (QED) is 0.636. The SMILES string of the molecule is Cc1ccc(C(=O)N2CCN(Cc3csc(Cc4ccccc4)n3)CC2)cc1F. The molecule has 1 saturated heterocycles. The van der Waals surface area contributed by atoms with E-state index in [1.165, 1.54) is 11.6 Å². The molecule has 4 nitrogen and oxygen atoms in total. The van der Waals surface area contributed by atoms with Crippen molar-refractivity contribution in [2.45, 2.75) is 19.9 Å². The molecule has 3 aromatic rings. The van der Waals surface area contributed by atoms with Crippen LogP contribution >= 0.6 is 11.3 Å². The minimum absolute atomic E-state index is 0.0950. The van der Waals surface area contributed by atoms with Gasteiger partial charge in [0.1, 0.15) is 5.82 Å². The number of nitrogens with zero attached hydrogens (tertiary/aromatic N) is 3. The van der Waals surface area contributed by atoms with Gasteiger partial charge in [0.2, 0.25) is 0 Å². The zero-order valence-corrected chi connectivity index (χ0v) is 17.3. The van der Waals surface area contributed by atoms with Crippen LogP contribution in [0.2, 0.25) is 0 Å². The number of benzene rings is 2. The Morgan fingerprint density at radius 2 is 1.86 bits per heavy atom. The van der Waals surface area contributed by atoms with Gasteiger partial charge in [0, 0.05) is 50.1 Å². The fraction of sp³-hybridized carbons (Fsp3) is 0.304. The number of thiazole rings is 1. The number of carbonyl (C=O) groups is 1. The molecule has 0 N–H and O–H groups in total. The van der Waals surface area contributed by atoms with Crippen LogP contribution in [0, 0.1) is 12.7 Å². The number of piperazine rings is 1. The predicted octanol–water partition coefficient (Wildman–Crippen LogP) is 4.14. The van der Waals surface area contributed by atoms with Crippen molar-refractivity contribution < 1.29 is 9.18 Å². The van der Waals surface area contributed by atoms with Crippen molar-refractivity contribution in [1.29, 1.82) is 0 Å². The van der Waals surface area contributed by atoms with Crippen molar-refractivity contribution in [2.24, 2.45) is 0 Å². The summed E-state index contributed by atoms with van der Waals surface area (Å²) in [6.07, 6.45) is 0.862. The van der Waals surface area contributed by atoms with Gasteiger partial charge in [0.05, 0.1) is 10.7 Å². The molecular formula is C23H24FN3OS. The Hall–Kier alpha value is -2.57. The predicted molar refractivity (Wildman–Crippen MR) is 114 cm³/mol. The van der Waals surface area contributed by atoms with Gasteiger partial charge in [-0.25, -0.2) is 9.37 Å². The number of aromatic nitrogens is 1. The number of carbonyl (C=O) groups excluding carboxylic acids is 1. The van der Waals surface area contributed by atoms with E-state index in [4.69, 9.17) is 4.98 Å². The highest BCUT2D eigenvalue weighted by Crippen LogP contribution is 2.18. The smallest absolute Gasteiger partial charge is 0.254 e. The first kappa shape index (κ1) is 19.7. The van der Waals surface area contributed by atoms with E-state index in [2.05, 4.69) is 34.5 Å². The van der Waals surface area contributed by atoms with Gasteiger partial charge in [-0.3, -0.25) is 9.69 Å². The number of halogens is 1. The Morgan fingerprint density at radius 1 is 1.10 bits per heavy atom. The molecule has 0 bridgehead atoms. The van der Waals surface area contributed by atoms with Crippen LogP contribution in [0.3, 0.4) is 0 Å². The molecule has 0 atom stereocenters. The third kappa shape index (κ3) is 4.89. The lowest BCUT2D eigenvalue weighted by atomic mass is 10.1. The highest BCUT2D eigenvalue weighted by Gasteiger charge is 2.23. The third-order valence-corrected chi connectivity index (χ3v) is 6.16. The van der Waals surface area contributed by atoms with Gasteiger partial charge in [-0.05, 0) is 30.2 Å². The second-order valence-electron chi connectivity index (χ2n) is 7.43. The first-order chi connectivity index (χ1) is 14.1. The molecular weight excluding hydrogens is 385 g/mol. The monoisotopic (exact) mass is 409 g/mol. The molecule has 1 aromatic heterocycles. The standard InChI is InChI=1S/C23H24FN3OS/c1-17-7-8-19(14-21(17)24)23(28)27-11-9-26(10-12-27)15-20-16-29-22(25-20)13-18-5-3-2-4-6-18/h2-8,14,16H,9-13,15H2,1H3. The first-order valence-corrected chi connectivity index (χ1v) is 10.7. The second-order valence-corrected chi connectivity index (χ2v) is 8.37. The van der Waals surface area contributed by atoms with Gasteiger partial charge < -0.3 is 4.90 Å². The molecule has 1 aliphatic rings. The van der Waals surface area contributed by atoms with Crippen LogP contribution in [-0.2, 0) is 13.0 Å². The van der Waals surface area contributed by atoms with Crippen LogP contribution in [0.1, 0.15) is 32.2 Å². The Balaban J connectivity index is 1.30. The minimum atomic E-state index is -0.329. The molecule has 0 radical (unpaired) electrons. The van der Waals surface area contributed by atoms with Gasteiger partial charge in [0.15, 0.2) is 0 Å². The molecule has 6 heteroatoms. The van der Waals surface area contributed by atoms with Crippen molar-refractivity contribution in [3.8, 4) is 0 Å². The second kappa shape index (κ2) is 8.84. The lowest BCUT2D eigenvalue weighted by molar-refractivity contribution is 0.0627. The summed E-state index contributed by atoms with van der Waals surface area (Å²) in [6.45, 7) is 5.39. The number of aryl methyl sites for hydroxylation is 1. The maximum Gasteiger partial charge on any atom is 0.254 e. The van der Waals surface area contributed by atoms with E-state index < -0.39 is 0 Å². The Morgan fingerprint density at radius 3 is 2.59 bits per heavy atom.